The van der Waals surface area contributed by atoms with Gasteiger partial charge in [0.2, 0.25) is 5.88 Å². The lowest BCUT2D eigenvalue weighted by Gasteiger charge is -2.12. The SMILES string of the molecule is O=c1[nH]nc(Oc2c(Cl)cc(-n3nc(CF)c(=O)[nH]c3=O)cc2Cl)cc1C1CC1. The highest BCUT2D eigenvalue weighted by atomic mass is 35.5. The van der Waals surface area contributed by atoms with Crippen molar-refractivity contribution in [2.75, 3.05) is 0 Å². The molecule has 0 amide bonds. The van der Waals surface area contributed by atoms with Crippen LogP contribution in [-0.4, -0.2) is 25.0 Å². The first-order valence-electron chi connectivity index (χ1n) is 8.42. The van der Waals surface area contributed by atoms with Gasteiger partial charge in [0.25, 0.3) is 11.1 Å². The van der Waals surface area contributed by atoms with Gasteiger partial charge < -0.3 is 4.74 Å². The van der Waals surface area contributed by atoms with Crippen LogP contribution in [0.5, 0.6) is 11.6 Å². The monoisotopic (exact) mass is 439 g/mol. The minimum atomic E-state index is -1.15. The molecule has 0 bridgehead atoms. The predicted molar refractivity (Wildman–Crippen MR) is 102 cm³/mol. The van der Waals surface area contributed by atoms with Crippen LogP contribution in [-0.2, 0) is 6.67 Å². The van der Waals surface area contributed by atoms with Gasteiger partial charge in [-0.25, -0.2) is 14.3 Å². The van der Waals surface area contributed by atoms with Crippen molar-refractivity contribution in [2.24, 2.45) is 0 Å². The molecule has 0 aliphatic heterocycles. The fourth-order valence-corrected chi connectivity index (χ4v) is 3.27. The van der Waals surface area contributed by atoms with Crippen LogP contribution in [0.15, 0.2) is 32.6 Å². The van der Waals surface area contributed by atoms with Crippen molar-refractivity contribution >= 4 is 23.2 Å². The molecule has 12 heteroatoms. The fourth-order valence-electron chi connectivity index (χ4n) is 2.72. The normalized spacial score (nSPS) is 13.5. The van der Waals surface area contributed by atoms with Gasteiger partial charge >= 0.3 is 5.69 Å². The third kappa shape index (κ3) is 3.81. The van der Waals surface area contributed by atoms with Crippen LogP contribution in [0.4, 0.5) is 4.39 Å². The van der Waals surface area contributed by atoms with E-state index in [-0.39, 0.29) is 38.8 Å². The number of ether oxygens (including phenoxy) is 1. The summed E-state index contributed by atoms with van der Waals surface area (Å²) < 4.78 is 19.3. The van der Waals surface area contributed by atoms with E-state index in [1.807, 2.05) is 4.98 Å². The number of H-pyrrole nitrogens is 2. The highest BCUT2D eigenvalue weighted by molar-refractivity contribution is 6.37. The summed E-state index contributed by atoms with van der Waals surface area (Å²) in [5.74, 6) is 0.323. The van der Waals surface area contributed by atoms with E-state index in [1.165, 1.54) is 18.2 Å². The summed E-state index contributed by atoms with van der Waals surface area (Å²) in [5.41, 5.74) is -1.88. The first-order chi connectivity index (χ1) is 13.9. The summed E-state index contributed by atoms with van der Waals surface area (Å²) in [6, 6.07) is 4.15. The molecule has 2 N–H and O–H groups in total. The third-order valence-corrected chi connectivity index (χ3v) is 4.84. The van der Waals surface area contributed by atoms with Gasteiger partial charge in [-0.1, -0.05) is 23.2 Å². The largest absolute Gasteiger partial charge is 0.434 e. The summed E-state index contributed by atoms with van der Waals surface area (Å²) in [6.07, 6.45) is 1.84. The Morgan fingerprint density at radius 3 is 2.45 bits per heavy atom. The molecule has 1 fully saturated rings. The number of alkyl halides is 1. The first-order valence-corrected chi connectivity index (χ1v) is 9.18. The van der Waals surface area contributed by atoms with Gasteiger partial charge in [0.1, 0.15) is 6.67 Å². The van der Waals surface area contributed by atoms with Crippen molar-refractivity contribution in [2.45, 2.75) is 25.4 Å². The molecule has 0 saturated heterocycles. The van der Waals surface area contributed by atoms with Crippen LogP contribution in [0.2, 0.25) is 10.0 Å². The van der Waals surface area contributed by atoms with Crippen molar-refractivity contribution in [3.63, 3.8) is 0 Å². The number of hydrogen-bond donors (Lipinski definition) is 2. The molecule has 2 heterocycles. The van der Waals surface area contributed by atoms with Crippen LogP contribution in [0, 0.1) is 0 Å². The molecule has 1 aromatic carbocycles. The van der Waals surface area contributed by atoms with Gasteiger partial charge in [0.15, 0.2) is 11.4 Å². The Kier molecular flexibility index (Phi) is 4.97. The maximum atomic E-state index is 12.9. The Hall–Kier alpha value is -2.98. The number of nitrogens with one attached hydrogen (secondary N) is 2. The van der Waals surface area contributed by atoms with E-state index in [1.54, 1.807) is 0 Å². The Balaban J connectivity index is 1.72. The Morgan fingerprint density at radius 1 is 1.14 bits per heavy atom. The average Bonchev–Trinajstić information content (AvgIpc) is 3.51. The van der Waals surface area contributed by atoms with E-state index in [2.05, 4.69) is 15.3 Å². The molecule has 0 atom stereocenters. The minimum Gasteiger partial charge on any atom is -0.434 e. The summed E-state index contributed by atoms with van der Waals surface area (Å²) >= 11 is 12.5. The summed E-state index contributed by atoms with van der Waals surface area (Å²) in [5, 5.41) is 9.90. The van der Waals surface area contributed by atoms with E-state index in [4.69, 9.17) is 27.9 Å². The van der Waals surface area contributed by atoms with Crippen LogP contribution in [0.3, 0.4) is 0 Å². The van der Waals surface area contributed by atoms with Gasteiger partial charge in [-0.2, -0.15) is 9.78 Å². The average molecular weight is 440 g/mol. The molecule has 0 radical (unpaired) electrons. The number of rotatable bonds is 5. The minimum absolute atomic E-state index is 0.00942. The zero-order valence-corrected chi connectivity index (χ0v) is 16.1. The molecule has 1 aliphatic rings. The van der Waals surface area contributed by atoms with Crippen LogP contribution < -0.4 is 21.5 Å². The second-order valence-corrected chi connectivity index (χ2v) is 7.17. The molecular weight excluding hydrogens is 428 g/mol. The molecule has 1 saturated carbocycles. The van der Waals surface area contributed by atoms with E-state index in [0.717, 1.165) is 17.5 Å². The van der Waals surface area contributed by atoms with Crippen molar-refractivity contribution in [1.29, 1.82) is 0 Å². The van der Waals surface area contributed by atoms with Gasteiger partial charge in [-0.3, -0.25) is 14.6 Å². The lowest BCUT2D eigenvalue weighted by molar-refractivity contribution is 0.452. The molecule has 4 rings (SSSR count). The number of aromatic nitrogens is 5. The molecular formula is C17H12Cl2FN5O4. The van der Waals surface area contributed by atoms with E-state index in [0.29, 0.717) is 5.56 Å². The number of aromatic amines is 2. The molecule has 3 aromatic rings. The van der Waals surface area contributed by atoms with E-state index in [9.17, 15) is 18.8 Å². The zero-order chi connectivity index (χ0) is 20.7. The zero-order valence-electron chi connectivity index (χ0n) is 14.5. The maximum absolute atomic E-state index is 12.9. The van der Waals surface area contributed by atoms with Crippen molar-refractivity contribution < 1.29 is 9.13 Å². The standard InChI is InChI=1S/C17H12Cl2FN5O4/c18-10-3-8(25-17(28)21-16(27)12(6-20)24-25)4-11(19)14(10)29-13-5-9(7-1-2-7)15(26)23-22-13/h3-5,7H,1-2,6H2,(H,23,26)(H,21,27,28). The van der Waals surface area contributed by atoms with E-state index >= 15 is 0 Å². The molecule has 0 spiro atoms. The smallest absolute Gasteiger partial charge is 0.349 e. The topological polar surface area (TPSA) is 123 Å². The van der Waals surface area contributed by atoms with Gasteiger partial charge in [0, 0.05) is 11.6 Å². The highest BCUT2D eigenvalue weighted by Crippen LogP contribution is 2.41. The number of halogens is 3. The summed E-state index contributed by atoms with van der Waals surface area (Å²) in [6.45, 7) is -1.15. The number of hydrogen-bond acceptors (Lipinski definition) is 6. The van der Waals surface area contributed by atoms with Crippen molar-refractivity contribution in [3.05, 3.63) is 70.7 Å². The Labute approximate surface area is 171 Å². The second-order valence-electron chi connectivity index (χ2n) is 6.36. The van der Waals surface area contributed by atoms with Crippen molar-refractivity contribution in [3.8, 4) is 17.3 Å². The van der Waals surface area contributed by atoms with Gasteiger partial charge in [-0.05, 0) is 30.9 Å². The first kappa shape index (κ1) is 19.3. The Bertz CT molecular complexity index is 1260. The lowest BCUT2D eigenvalue weighted by atomic mass is 10.2. The summed E-state index contributed by atoms with van der Waals surface area (Å²) in [7, 11) is 0. The second kappa shape index (κ2) is 7.45. The van der Waals surface area contributed by atoms with Crippen molar-refractivity contribution in [1.82, 2.24) is 25.0 Å². The number of nitrogens with zero attached hydrogens (tertiary/aromatic N) is 3. The predicted octanol–water partition coefficient (Wildman–Crippen LogP) is 2.45. The summed E-state index contributed by atoms with van der Waals surface area (Å²) in [4.78, 5) is 37.3. The molecule has 2 aromatic heterocycles. The molecule has 9 nitrogen and oxygen atoms in total. The van der Waals surface area contributed by atoms with E-state index < -0.39 is 23.6 Å². The maximum Gasteiger partial charge on any atom is 0.349 e. The third-order valence-electron chi connectivity index (χ3n) is 4.28. The van der Waals surface area contributed by atoms with Gasteiger partial charge in [-0.15, -0.1) is 5.10 Å². The highest BCUT2D eigenvalue weighted by Gasteiger charge is 2.27. The van der Waals surface area contributed by atoms with Crippen LogP contribution in [0.1, 0.15) is 30.0 Å². The number of benzene rings is 1. The van der Waals surface area contributed by atoms with Gasteiger partial charge in [0.05, 0.1) is 15.7 Å². The molecule has 1 aliphatic carbocycles. The molecule has 150 valence electrons. The lowest BCUT2D eigenvalue weighted by Crippen LogP contribution is -2.33. The quantitative estimate of drug-likeness (QED) is 0.629. The van der Waals surface area contributed by atoms with Crippen LogP contribution >= 0.6 is 23.2 Å². The fraction of sp³-hybridized carbons (Fsp3) is 0.235. The molecule has 29 heavy (non-hydrogen) atoms. The van der Waals surface area contributed by atoms with Crippen LogP contribution in [0.25, 0.3) is 5.69 Å². The Morgan fingerprint density at radius 2 is 1.83 bits per heavy atom. The molecule has 0 unspecified atom stereocenters.